The SMILES string of the molecule is Cc1ccc([C@H](C)NC(=O)c2cc([NH+]([O-])O)c(C)c([NH+]([O-])O)c2)cc1. The van der Waals surface area contributed by atoms with Crippen LogP contribution in [0, 0.1) is 24.3 Å². The minimum atomic E-state index is -1.28. The summed E-state index contributed by atoms with van der Waals surface area (Å²) in [5.74, 6) is -0.530. The third kappa shape index (κ3) is 4.40. The molecule has 0 aromatic heterocycles. The number of hydrogen-bond acceptors (Lipinski definition) is 5. The molecule has 0 saturated heterocycles. The van der Waals surface area contributed by atoms with Crippen LogP contribution < -0.4 is 15.8 Å². The van der Waals surface area contributed by atoms with Crippen LogP contribution in [-0.2, 0) is 0 Å². The van der Waals surface area contributed by atoms with E-state index in [-0.39, 0.29) is 28.5 Å². The predicted molar refractivity (Wildman–Crippen MR) is 89.8 cm³/mol. The number of aryl methyl sites for hydroxylation is 1. The minimum absolute atomic E-state index is 0.000591. The van der Waals surface area contributed by atoms with Crippen LogP contribution in [0.2, 0.25) is 0 Å². The summed E-state index contributed by atoms with van der Waals surface area (Å²) in [4.78, 5) is 12.5. The van der Waals surface area contributed by atoms with Gasteiger partial charge in [-0.2, -0.15) is 10.5 Å². The topological polar surface area (TPSA) is 125 Å². The highest BCUT2D eigenvalue weighted by atomic mass is 16.8. The number of carbonyl (C=O) groups excluding carboxylic acids is 1. The average Bonchev–Trinajstić information content (AvgIpc) is 2.54. The molecule has 3 atom stereocenters. The first kappa shape index (κ1) is 19.0. The van der Waals surface area contributed by atoms with Crippen molar-refractivity contribution >= 4 is 17.3 Å². The second kappa shape index (κ2) is 7.70. The first-order valence-corrected chi connectivity index (χ1v) is 7.69. The fourth-order valence-electron chi connectivity index (χ4n) is 2.51. The standard InChI is InChI=1S/C17H21N3O5/c1-10-4-6-13(7-5-10)12(3)18-17(21)14-8-15(19(22)23)11(2)16(9-14)20(24)25/h4-9,12,19-20,22,24H,1-3H3,(H,18,21)/t12-/m0/s1. The Bertz CT molecular complexity index is 730. The van der Waals surface area contributed by atoms with Crippen LogP contribution >= 0.6 is 0 Å². The van der Waals surface area contributed by atoms with E-state index in [4.69, 9.17) is 0 Å². The van der Waals surface area contributed by atoms with Crippen molar-refractivity contribution in [3.8, 4) is 0 Å². The van der Waals surface area contributed by atoms with Gasteiger partial charge in [0.2, 0.25) is 0 Å². The molecule has 0 fully saturated rings. The Labute approximate surface area is 145 Å². The van der Waals surface area contributed by atoms with E-state index in [0.717, 1.165) is 11.1 Å². The van der Waals surface area contributed by atoms with Gasteiger partial charge in [0.25, 0.3) is 5.91 Å². The van der Waals surface area contributed by atoms with Gasteiger partial charge in [0.1, 0.15) is 0 Å². The van der Waals surface area contributed by atoms with E-state index in [9.17, 15) is 25.6 Å². The van der Waals surface area contributed by atoms with Crippen molar-refractivity contribution in [1.29, 1.82) is 0 Å². The van der Waals surface area contributed by atoms with E-state index in [0.29, 0.717) is 0 Å². The highest BCUT2D eigenvalue weighted by molar-refractivity contribution is 5.96. The number of rotatable bonds is 5. The number of amides is 1. The van der Waals surface area contributed by atoms with Gasteiger partial charge in [-0.05, 0) is 26.3 Å². The summed E-state index contributed by atoms with van der Waals surface area (Å²) in [5.41, 5.74) is 1.70. The van der Waals surface area contributed by atoms with Gasteiger partial charge in [-0.1, -0.05) is 29.8 Å². The summed E-state index contributed by atoms with van der Waals surface area (Å²) in [5, 5.41) is 41.3. The van der Waals surface area contributed by atoms with Crippen LogP contribution in [0.25, 0.3) is 0 Å². The van der Waals surface area contributed by atoms with E-state index in [1.54, 1.807) is 6.92 Å². The largest absolute Gasteiger partial charge is 0.595 e. The van der Waals surface area contributed by atoms with Crippen LogP contribution in [0.1, 0.15) is 40.0 Å². The molecule has 0 aliphatic carbocycles. The number of nitrogens with one attached hydrogen (secondary N) is 3. The Morgan fingerprint density at radius 3 is 1.96 bits per heavy atom. The Morgan fingerprint density at radius 2 is 1.52 bits per heavy atom. The van der Waals surface area contributed by atoms with Crippen LogP contribution in [-0.4, -0.2) is 16.3 Å². The fraction of sp³-hybridized carbons (Fsp3) is 0.235. The molecular weight excluding hydrogens is 326 g/mol. The second-order valence-corrected chi connectivity index (χ2v) is 5.91. The number of hydrogen-bond donors (Lipinski definition) is 5. The molecule has 2 unspecified atom stereocenters. The highest BCUT2D eigenvalue weighted by Gasteiger charge is 2.21. The first-order valence-electron chi connectivity index (χ1n) is 7.69. The molecule has 0 spiro atoms. The molecule has 8 heteroatoms. The third-order valence-corrected chi connectivity index (χ3v) is 4.06. The van der Waals surface area contributed by atoms with Crippen molar-refractivity contribution in [2.24, 2.45) is 0 Å². The van der Waals surface area contributed by atoms with E-state index in [1.165, 1.54) is 19.1 Å². The summed E-state index contributed by atoms with van der Waals surface area (Å²) in [7, 11) is 0. The van der Waals surface area contributed by atoms with Gasteiger partial charge in [-0.3, -0.25) is 4.79 Å². The molecule has 8 nitrogen and oxygen atoms in total. The van der Waals surface area contributed by atoms with E-state index >= 15 is 0 Å². The fourth-order valence-corrected chi connectivity index (χ4v) is 2.51. The zero-order chi connectivity index (χ0) is 18.7. The maximum atomic E-state index is 12.5. The maximum Gasteiger partial charge on any atom is 0.252 e. The van der Waals surface area contributed by atoms with Gasteiger partial charge < -0.3 is 15.7 Å². The molecule has 0 saturated carbocycles. The zero-order valence-electron chi connectivity index (χ0n) is 14.2. The summed E-state index contributed by atoms with van der Waals surface area (Å²) in [6, 6.07) is 9.71. The average molecular weight is 347 g/mol. The molecule has 134 valence electrons. The molecule has 0 aliphatic rings. The van der Waals surface area contributed by atoms with Gasteiger partial charge >= 0.3 is 0 Å². The van der Waals surface area contributed by atoms with Crippen molar-refractivity contribution in [2.75, 3.05) is 0 Å². The monoisotopic (exact) mass is 347 g/mol. The molecule has 1 amide bonds. The van der Waals surface area contributed by atoms with E-state index in [1.807, 2.05) is 31.2 Å². The van der Waals surface area contributed by atoms with Crippen molar-refractivity contribution in [1.82, 2.24) is 5.32 Å². The van der Waals surface area contributed by atoms with E-state index in [2.05, 4.69) is 5.32 Å². The van der Waals surface area contributed by atoms with Gasteiger partial charge in [0.15, 0.2) is 11.4 Å². The summed E-state index contributed by atoms with van der Waals surface area (Å²) < 4.78 is 0. The van der Waals surface area contributed by atoms with Crippen LogP contribution in [0.15, 0.2) is 36.4 Å². The van der Waals surface area contributed by atoms with Crippen LogP contribution in [0.3, 0.4) is 0 Å². The summed E-state index contributed by atoms with van der Waals surface area (Å²) in [6.07, 6.45) is 0. The van der Waals surface area contributed by atoms with Crippen LogP contribution in [0.5, 0.6) is 0 Å². The number of carbonyl (C=O) groups is 1. The smallest absolute Gasteiger partial charge is 0.252 e. The Morgan fingerprint density at radius 1 is 1.04 bits per heavy atom. The summed E-state index contributed by atoms with van der Waals surface area (Å²) >= 11 is 0. The molecule has 25 heavy (non-hydrogen) atoms. The van der Waals surface area contributed by atoms with Crippen molar-refractivity contribution < 1.29 is 25.7 Å². The lowest BCUT2D eigenvalue weighted by Gasteiger charge is -2.21. The lowest BCUT2D eigenvalue weighted by molar-refractivity contribution is -0.996. The zero-order valence-corrected chi connectivity index (χ0v) is 14.2. The molecule has 0 aliphatic heterocycles. The molecule has 2 aromatic rings. The first-order chi connectivity index (χ1) is 11.7. The lowest BCUT2D eigenvalue weighted by Crippen LogP contribution is -3.01. The van der Waals surface area contributed by atoms with E-state index < -0.39 is 16.4 Å². The lowest BCUT2D eigenvalue weighted by atomic mass is 10.0. The van der Waals surface area contributed by atoms with Gasteiger partial charge in [-0.15, -0.1) is 0 Å². The van der Waals surface area contributed by atoms with Crippen LogP contribution in [0.4, 0.5) is 11.4 Å². The van der Waals surface area contributed by atoms with Gasteiger partial charge in [0.05, 0.1) is 17.2 Å². The summed E-state index contributed by atoms with van der Waals surface area (Å²) in [6.45, 7) is 5.16. The van der Waals surface area contributed by atoms with Crippen molar-refractivity contribution in [2.45, 2.75) is 26.8 Å². The van der Waals surface area contributed by atoms with Crippen molar-refractivity contribution in [3.63, 3.8) is 0 Å². The van der Waals surface area contributed by atoms with Gasteiger partial charge in [-0.25, -0.2) is 10.4 Å². The molecule has 0 radical (unpaired) electrons. The molecule has 2 rings (SSSR count). The molecular formula is C17H21N3O5. The van der Waals surface area contributed by atoms with Gasteiger partial charge in [0, 0.05) is 12.1 Å². The van der Waals surface area contributed by atoms with Crippen molar-refractivity contribution in [3.05, 3.63) is 69.1 Å². The molecule has 2 aromatic carbocycles. The maximum absolute atomic E-state index is 12.5. The number of quaternary nitrogens is 2. The number of benzene rings is 2. The molecule has 5 N–H and O–H groups in total. The highest BCUT2D eigenvalue weighted by Crippen LogP contribution is 2.21. The Balaban J connectivity index is 2.30. The predicted octanol–water partition coefficient (Wildman–Crippen LogP) is 0.601. The molecule has 0 heterocycles. The Kier molecular flexibility index (Phi) is 5.85. The normalized spacial score (nSPS) is 14.7. The quantitative estimate of drug-likeness (QED) is 0.507. The molecule has 0 bridgehead atoms. The second-order valence-electron chi connectivity index (χ2n) is 5.91. The Hall–Kier alpha value is -2.33. The minimum Gasteiger partial charge on any atom is -0.595 e. The third-order valence-electron chi connectivity index (χ3n) is 4.06.